The number of hydrogen-bond donors (Lipinski definition) is 2. The summed E-state index contributed by atoms with van der Waals surface area (Å²) in [6.45, 7) is 7.55. The van der Waals surface area contributed by atoms with E-state index in [0.717, 1.165) is 12.1 Å². The van der Waals surface area contributed by atoms with Crippen LogP contribution in [0.1, 0.15) is 35.5 Å². The Hall–Kier alpha value is -2.43. The number of aryl methyl sites for hydroxylation is 1. The van der Waals surface area contributed by atoms with Crippen LogP contribution in [0.3, 0.4) is 0 Å². The molecule has 1 heterocycles. The lowest BCUT2D eigenvalue weighted by molar-refractivity contribution is 0.0946. The van der Waals surface area contributed by atoms with Crippen molar-refractivity contribution < 1.29 is 4.79 Å². The number of carbonyl (C=O) groups is 1. The van der Waals surface area contributed by atoms with Crippen molar-refractivity contribution >= 4 is 11.7 Å². The lowest BCUT2D eigenvalue weighted by Crippen LogP contribution is -2.24. The standard InChI is InChI=1S/C17H22N4O/c1-12(2)9-18-16-8-15(20-11-21-16)17(22)19-10-14-6-4-5-13(3)7-14/h4-8,11-12H,9-10H2,1-3H3,(H,19,22)(H,18,20,21). The Morgan fingerprint density at radius 2 is 2.05 bits per heavy atom. The molecule has 2 N–H and O–H groups in total. The highest BCUT2D eigenvalue weighted by Crippen LogP contribution is 2.07. The van der Waals surface area contributed by atoms with Gasteiger partial charge >= 0.3 is 0 Å². The number of nitrogens with zero attached hydrogens (tertiary/aromatic N) is 2. The predicted octanol–water partition coefficient (Wildman–Crippen LogP) is 2.78. The number of aromatic nitrogens is 2. The van der Waals surface area contributed by atoms with E-state index in [-0.39, 0.29) is 5.91 Å². The van der Waals surface area contributed by atoms with Crippen LogP contribution < -0.4 is 10.6 Å². The summed E-state index contributed by atoms with van der Waals surface area (Å²) < 4.78 is 0. The van der Waals surface area contributed by atoms with Gasteiger partial charge < -0.3 is 10.6 Å². The molecule has 2 aromatic rings. The first-order chi connectivity index (χ1) is 10.5. The number of amides is 1. The zero-order chi connectivity index (χ0) is 15.9. The normalized spacial score (nSPS) is 10.5. The van der Waals surface area contributed by atoms with Gasteiger partial charge in [0.15, 0.2) is 0 Å². The number of nitrogens with one attached hydrogen (secondary N) is 2. The summed E-state index contributed by atoms with van der Waals surface area (Å²) in [5, 5.41) is 6.07. The SMILES string of the molecule is Cc1cccc(CNC(=O)c2cc(NCC(C)C)ncn2)c1. The van der Waals surface area contributed by atoms with E-state index < -0.39 is 0 Å². The molecule has 0 bridgehead atoms. The zero-order valence-corrected chi connectivity index (χ0v) is 13.3. The molecule has 0 saturated carbocycles. The molecule has 0 aliphatic rings. The Bertz CT molecular complexity index is 640. The predicted molar refractivity (Wildman–Crippen MR) is 87.7 cm³/mol. The smallest absolute Gasteiger partial charge is 0.270 e. The van der Waals surface area contributed by atoms with Crippen molar-refractivity contribution in [1.82, 2.24) is 15.3 Å². The van der Waals surface area contributed by atoms with Crippen molar-refractivity contribution in [1.29, 1.82) is 0 Å². The molecule has 1 aromatic heterocycles. The average Bonchev–Trinajstić information content (AvgIpc) is 2.51. The van der Waals surface area contributed by atoms with E-state index in [0.29, 0.717) is 24.0 Å². The Kier molecular flexibility index (Phi) is 5.47. The van der Waals surface area contributed by atoms with E-state index in [1.54, 1.807) is 6.07 Å². The summed E-state index contributed by atoms with van der Waals surface area (Å²) in [4.78, 5) is 20.3. The minimum atomic E-state index is -0.198. The second-order valence-electron chi connectivity index (χ2n) is 5.73. The van der Waals surface area contributed by atoms with Crippen LogP contribution in [0.2, 0.25) is 0 Å². The zero-order valence-electron chi connectivity index (χ0n) is 13.3. The molecule has 2 rings (SSSR count). The molecule has 5 nitrogen and oxygen atoms in total. The third kappa shape index (κ3) is 4.84. The molecular formula is C17H22N4O. The first kappa shape index (κ1) is 15.9. The maximum atomic E-state index is 12.2. The van der Waals surface area contributed by atoms with E-state index in [2.05, 4.69) is 40.5 Å². The van der Waals surface area contributed by atoms with Crippen molar-refractivity contribution in [2.45, 2.75) is 27.3 Å². The van der Waals surface area contributed by atoms with Gasteiger partial charge in [-0.25, -0.2) is 9.97 Å². The van der Waals surface area contributed by atoms with Gasteiger partial charge in [0.2, 0.25) is 0 Å². The Morgan fingerprint density at radius 1 is 1.23 bits per heavy atom. The average molecular weight is 298 g/mol. The molecule has 0 aliphatic carbocycles. The molecule has 0 fully saturated rings. The monoisotopic (exact) mass is 298 g/mol. The second kappa shape index (κ2) is 7.54. The maximum Gasteiger partial charge on any atom is 0.270 e. The van der Waals surface area contributed by atoms with Crippen molar-refractivity contribution in [3.05, 3.63) is 53.5 Å². The largest absolute Gasteiger partial charge is 0.370 e. The van der Waals surface area contributed by atoms with E-state index >= 15 is 0 Å². The van der Waals surface area contributed by atoms with Crippen LogP contribution in [-0.4, -0.2) is 22.4 Å². The van der Waals surface area contributed by atoms with E-state index in [4.69, 9.17) is 0 Å². The fourth-order valence-corrected chi connectivity index (χ4v) is 1.98. The topological polar surface area (TPSA) is 66.9 Å². The fourth-order valence-electron chi connectivity index (χ4n) is 1.98. The van der Waals surface area contributed by atoms with Crippen LogP contribution in [-0.2, 0) is 6.54 Å². The van der Waals surface area contributed by atoms with Gasteiger partial charge in [-0.2, -0.15) is 0 Å². The van der Waals surface area contributed by atoms with Gasteiger partial charge in [-0.05, 0) is 18.4 Å². The lowest BCUT2D eigenvalue weighted by atomic mass is 10.1. The highest BCUT2D eigenvalue weighted by atomic mass is 16.1. The molecule has 0 saturated heterocycles. The molecule has 0 aliphatic heterocycles. The van der Waals surface area contributed by atoms with Crippen LogP contribution in [0.5, 0.6) is 0 Å². The summed E-state index contributed by atoms with van der Waals surface area (Å²) in [7, 11) is 0. The van der Waals surface area contributed by atoms with Crippen molar-refractivity contribution in [3.8, 4) is 0 Å². The minimum absolute atomic E-state index is 0.198. The Labute approximate surface area is 131 Å². The fraction of sp³-hybridized carbons (Fsp3) is 0.353. The highest BCUT2D eigenvalue weighted by molar-refractivity contribution is 5.92. The first-order valence-electron chi connectivity index (χ1n) is 7.44. The van der Waals surface area contributed by atoms with Crippen LogP contribution in [0.25, 0.3) is 0 Å². The molecule has 116 valence electrons. The quantitative estimate of drug-likeness (QED) is 0.860. The van der Waals surface area contributed by atoms with Gasteiger partial charge in [0.1, 0.15) is 17.8 Å². The summed E-state index contributed by atoms with van der Waals surface area (Å²) >= 11 is 0. The highest BCUT2D eigenvalue weighted by Gasteiger charge is 2.08. The summed E-state index contributed by atoms with van der Waals surface area (Å²) in [6.07, 6.45) is 1.41. The molecule has 0 spiro atoms. The molecular weight excluding hydrogens is 276 g/mol. The Balaban J connectivity index is 1.96. The summed E-state index contributed by atoms with van der Waals surface area (Å²) in [5.74, 6) is 0.981. The molecule has 22 heavy (non-hydrogen) atoms. The Morgan fingerprint density at radius 3 is 2.77 bits per heavy atom. The van der Waals surface area contributed by atoms with Crippen molar-refractivity contribution in [2.75, 3.05) is 11.9 Å². The summed E-state index contributed by atoms with van der Waals surface area (Å²) in [6, 6.07) is 9.73. The molecule has 0 atom stereocenters. The van der Waals surface area contributed by atoms with Gasteiger partial charge in [0, 0.05) is 19.2 Å². The third-order valence-electron chi connectivity index (χ3n) is 3.13. The number of hydrogen-bond acceptors (Lipinski definition) is 4. The van der Waals surface area contributed by atoms with Gasteiger partial charge in [-0.1, -0.05) is 43.7 Å². The number of rotatable bonds is 6. The first-order valence-corrected chi connectivity index (χ1v) is 7.44. The van der Waals surface area contributed by atoms with Gasteiger partial charge in [-0.3, -0.25) is 4.79 Å². The number of anilines is 1. The molecule has 1 aromatic carbocycles. The van der Waals surface area contributed by atoms with E-state index in [1.807, 2.05) is 25.1 Å². The lowest BCUT2D eigenvalue weighted by Gasteiger charge is -2.09. The van der Waals surface area contributed by atoms with Gasteiger partial charge in [0.05, 0.1) is 0 Å². The van der Waals surface area contributed by atoms with Crippen molar-refractivity contribution in [3.63, 3.8) is 0 Å². The van der Waals surface area contributed by atoms with Crippen molar-refractivity contribution in [2.24, 2.45) is 5.92 Å². The molecule has 5 heteroatoms. The number of carbonyl (C=O) groups excluding carboxylic acids is 1. The summed E-state index contributed by atoms with van der Waals surface area (Å²) in [5.41, 5.74) is 2.61. The van der Waals surface area contributed by atoms with Crippen LogP contribution in [0.4, 0.5) is 5.82 Å². The third-order valence-corrected chi connectivity index (χ3v) is 3.13. The number of benzene rings is 1. The minimum Gasteiger partial charge on any atom is -0.370 e. The van der Waals surface area contributed by atoms with E-state index in [1.165, 1.54) is 11.9 Å². The molecule has 0 radical (unpaired) electrons. The second-order valence-corrected chi connectivity index (χ2v) is 5.73. The van der Waals surface area contributed by atoms with Crippen LogP contribution in [0.15, 0.2) is 36.7 Å². The van der Waals surface area contributed by atoms with Crippen LogP contribution >= 0.6 is 0 Å². The van der Waals surface area contributed by atoms with Gasteiger partial charge in [-0.15, -0.1) is 0 Å². The van der Waals surface area contributed by atoms with Crippen LogP contribution in [0, 0.1) is 12.8 Å². The molecule has 1 amide bonds. The van der Waals surface area contributed by atoms with Gasteiger partial charge in [0.25, 0.3) is 5.91 Å². The molecule has 0 unspecified atom stereocenters. The maximum absolute atomic E-state index is 12.2. The van der Waals surface area contributed by atoms with E-state index in [9.17, 15) is 4.79 Å².